The van der Waals surface area contributed by atoms with Crippen LogP contribution in [-0.4, -0.2) is 29.0 Å². The first kappa shape index (κ1) is 23.0. The van der Waals surface area contributed by atoms with E-state index < -0.39 is 17.8 Å². The van der Waals surface area contributed by atoms with Crippen LogP contribution >= 0.6 is 0 Å². The molecule has 7 heteroatoms. The van der Waals surface area contributed by atoms with Gasteiger partial charge >= 0.3 is 6.03 Å². The van der Waals surface area contributed by atoms with Gasteiger partial charge in [0, 0.05) is 17.1 Å². The summed E-state index contributed by atoms with van der Waals surface area (Å²) in [7, 11) is 0. The van der Waals surface area contributed by atoms with Crippen LogP contribution in [0.5, 0.6) is 5.75 Å². The van der Waals surface area contributed by atoms with Crippen molar-refractivity contribution in [1.29, 1.82) is 0 Å². The highest BCUT2D eigenvalue weighted by Crippen LogP contribution is 2.32. The number of para-hydroxylation sites is 2. The summed E-state index contributed by atoms with van der Waals surface area (Å²) in [4.78, 5) is 39.7. The van der Waals surface area contributed by atoms with Crippen molar-refractivity contribution in [2.24, 2.45) is 0 Å². The standard InChI is InChI=1S/C27H27N3O4/c1-6-34-24-10-8-7-9-22(24)30-26(32)21(25(31)28-27(30)33)15-20-14-18(4)29(19(20)5)23-13-16(2)11-12-17(23)3/h7-15H,6H2,1-5H3,(H,28,31,33)/b21-15+. The van der Waals surface area contributed by atoms with Gasteiger partial charge < -0.3 is 9.30 Å². The maximum Gasteiger partial charge on any atom is 0.336 e. The number of rotatable bonds is 5. The number of carbonyl (C=O) groups is 3. The first-order valence-electron chi connectivity index (χ1n) is 11.1. The summed E-state index contributed by atoms with van der Waals surface area (Å²) in [6.45, 7) is 10.2. The molecule has 1 aromatic heterocycles. The van der Waals surface area contributed by atoms with Crippen molar-refractivity contribution in [2.45, 2.75) is 34.6 Å². The van der Waals surface area contributed by atoms with Crippen LogP contribution in [0.3, 0.4) is 0 Å². The molecule has 174 valence electrons. The molecule has 2 aromatic carbocycles. The molecule has 0 radical (unpaired) electrons. The predicted molar refractivity (Wildman–Crippen MR) is 131 cm³/mol. The van der Waals surface area contributed by atoms with E-state index in [1.807, 2.05) is 40.7 Å². The van der Waals surface area contributed by atoms with Gasteiger partial charge in [0.15, 0.2) is 0 Å². The molecule has 0 saturated carbocycles. The fourth-order valence-corrected chi connectivity index (χ4v) is 4.22. The van der Waals surface area contributed by atoms with E-state index in [1.165, 1.54) is 0 Å². The number of carbonyl (C=O) groups excluding carboxylic acids is 3. The van der Waals surface area contributed by atoms with Crippen LogP contribution in [0.1, 0.15) is 35.0 Å². The number of nitrogens with one attached hydrogen (secondary N) is 1. The maximum atomic E-state index is 13.4. The van der Waals surface area contributed by atoms with E-state index >= 15 is 0 Å². The Morgan fingerprint density at radius 1 is 0.941 bits per heavy atom. The molecule has 0 unspecified atom stereocenters. The van der Waals surface area contributed by atoms with Crippen molar-refractivity contribution in [3.63, 3.8) is 0 Å². The van der Waals surface area contributed by atoms with Crippen molar-refractivity contribution in [1.82, 2.24) is 9.88 Å². The van der Waals surface area contributed by atoms with E-state index in [-0.39, 0.29) is 11.3 Å². The number of aromatic nitrogens is 1. The maximum absolute atomic E-state index is 13.4. The molecule has 0 atom stereocenters. The third-order valence-electron chi connectivity index (χ3n) is 5.88. The second kappa shape index (κ2) is 9.02. The first-order chi connectivity index (χ1) is 16.2. The van der Waals surface area contributed by atoms with Crippen LogP contribution in [-0.2, 0) is 9.59 Å². The van der Waals surface area contributed by atoms with Gasteiger partial charge in [0.25, 0.3) is 11.8 Å². The monoisotopic (exact) mass is 457 g/mol. The fourth-order valence-electron chi connectivity index (χ4n) is 4.22. The van der Waals surface area contributed by atoms with Crippen LogP contribution in [0.4, 0.5) is 10.5 Å². The zero-order valence-corrected chi connectivity index (χ0v) is 19.9. The zero-order valence-electron chi connectivity index (χ0n) is 19.9. The average Bonchev–Trinajstić information content (AvgIpc) is 3.07. The van der Waals surface area contributed by atoms with Crippen LogP contribution in [0.15, 0.2) is 54.1 Å². The molecule has 34 heavy (non-hydrogen) atoms. The van der Waals surface area contributed by atoms with Gasteiger partial charge in [0.2, 0.25) is 0 Å². The SMILES string of the molecule is CCOc1ccccc1N1C(=O)NC(=O)/C(=C\c2cc(C)n(-c3cc(C)ccc3C)c2C)C1=O. The fraction of sp³-hybridized carbons (Fsp3) is 0.222. The molecule has 1 aliphatic heterocycles. The number of nitrogens with zero attached hydrogens (tertiary/aromatic N) is 2. The van der Waals surface area contributed by atoms with Crippen LogP contribution in [0, 0.1) is 27.7 Å². The summed E-state index contributed by atoms with van der Waals surface area (Å²) in [5.74, 6) is -1.04. The van der Waals surface area contributed by atoms with Crippen molar-refractivity contribution >= 4 is 29.6 Å². The Kier molecular flexibility index (Phi) is 6.11. The molecule has 3 aromatic rings. The van der Waals surface area contributed by atoms with Crippen LogP contribution in [0.25, 0.3) is 11.8 Å². The van der Waals surface area contributed by atoms with E-state index in [0.29, 0.717) is 12.4 Å². The van der Waals surface area contributed by atoms with Gasteiger partial charge in [-0.05, 0) is 81.7 Å². The van der Waals surface area contributed by atoms with E-state index in [2.05, 4.69) is 28.1 Å². The van der Waals surface area contributed by atoms with Gasteiger partial charge in [0.05, 0.1) is 12.3 Å². The Morgan fingerprint density at radius 2 is 1.68 bits per heavy atom. The molecular formula is C27H27N3O4. The van der Waals surface area contributed by atoms with Crippen LogP contribution in [0.2, 0.25) is 0 Å². The lowest BCUT2D eigenvalue weighted by Crippen LogP contribution is -2.54. The molecule has 4 rings (SSSR count). The minimum Gasteiger partial charge on any atom is -0.492 e. The largest absolute Gasteiger partial charge is 0.492 e. The number of barbiturate groups is 1. The highest BCUT2D eigenvalue weighted by Gasteiger charge is 2.38. The Hall–Kier alpha value is -4.13. The molecule has 0 spiro atoms. The molecule has 1 N–H and O–H groups in total. The number of hydrogen-bond acceptors (Lipinski definition) is 4. The Balaban J connectivity index is 1.79. The number of benzene rings is 2. The second-order valence-corrected chi connectivity index (χ2v) is 8.31. The lowest BCUT2D eigenvalue weighted by molar-refractivity contribution is -0.122. The number of imide groups is 2. The number of amides is 4. The van der Waals surface area contributed by atoms with Crippen molar-refractivity contribution < 1.29 is 19.1 Å². The lowest BCUT2D eigenvalue weighted by atomic mass is 10.1. The summed E-state index contributed by atoms with van der Waals surface area (Å²) < 4.78 is 7.70. The van der Waals surface area contributed by atoms with Gasteiger partial charge in [-0.2, -0.15) is 0 Å². The number of anilines is 1. The Labute approximate surface area is 198 Å². The third kappa shape index (κ3) is 4.01. The summed E-state index contributed by atoms with van der Waals surface area (Å²) in [6, 6.07) is 14.1. The van der Waals surface area contributed by atoms with E-state index in [9.17, 15) is 14.4 Å². The topological polar surface area (TPSA) is 80.6 Å². The van der Waals surface area contributed by atoms with Gasteiger partial charge in [-0.3, -0.25) is 14.9 Å². The molecule has 2 heterocycles. The normalized spacial score (nSPS) is 15.1. The van der Waals surface area contributed by atoms with Crippen molar-refractivity contribution in [2.75, 3.05) is 11.5 Å². The minimum absolute atomic E-state index is 0.118. The molecule has 4 amide bonds. The average molecular weight is 458 g/mol. The number of ether oxygens (including phenoxy) is 1. The zero-order chi connectivity index (χ0) is 24.6. The van der Waals surface area contributed by atoms with Crippen LogP contribution < -0.4 is 15.0 Å². The summed E-state index contributed by atoms with van der Waals surface area (Å²) in [5, 5.41) is 2.28. The third-order valence-corrected chi connectivity index (χ3v) is 5.88. The molecular weight excluding hydrogens is 430 g/mol. The Bertz CT molecular complexity index is 1350. The summed E-state index contributed by atoms with van der Waals surface area (Å²) in [5.41, 5.74) is 6.04. The predicted octanol–water partition coefficient (Wildman–Crippen LogP) is 4.78. The lowest BCUT2D eigenvalue weighted by Gasteiger charge is -2.27. The van der Waals surface area contributed by atoms with Gasteiger partial charge in [-0.15, -0.1) is 0 Å². The molecule has 0 bridgehead atoms. The van der Waals surface area contributed by atoms with E-state index in [1.54, 1.807) is 30.3 Å². The number of hydrogen-bond donors (Lipinski definition) is 1. The number of aryl methyl sites for hydroxylation is 3. The van der Waals surface area contributed by atoms with Gasteiger partial charge in [-0.1, -0.05) is 24.3 Å². The minimum atomic E-state index is -0.805. The summed E-state index contributed by atoms with van der Waals surface area (Å²) >= 11 is 0. The Morgan fingerprint density at radius 3 is 2.41 bits per heavy atom. The van der Waals surface area contributed by atoms with E-state index in [0.717, 1.165) is 38.7 Å². The molecule has 1 saturated heterocycles. The highest BCUT2D eigenvalue weighted by atomic mass is 16.5. The van der Waals surface area contributed by atoms with Crippen molar-refractivity contribution in [3.05, 3.63) is 82.2 Å². The summed E-state index contributed by atoms with van der Waals surface area (Å²) in [6.07, 6.45) is 1.55. The molecule has 7 nitrogen and oxygen atoms in total. The highest BCUT2D eigenvalue weighted by molar-refractivity contribution is 6.39. The number of urea groups is 1. The smallest absolute Gasteiger partial charge is 0.336 e. The van der Waals surface area contributed by atoms with Crippen molar-refractivity contribution in [3.8, 4) is 11.4 Å². The quantitative estimate of drug-likeness (QED) is 0.442. The molecule has 1 fully saturated rings. The molecule has 1 aliphatic rings. The van der Waals surface area contributed by atoms with E-state index in [4.69, 9.17) is 4.74 Å². The molecule has 0 aliphatic carbocycles. The van der Waals surface area contributed by atoms with Gasteiger partial charge in [-0.25, -0.2) is 9.69 Å². The first-order valence-corrected chi connectivity index (χ1v) is 11.1. The van der Waals surface area contributed by atoms with Gasteiger partial charge in [0.1, 0.15) is 11.3 Å². The second-order valence-electron chi connectivity index (χ2n) is 8.31.